The standard InChI is InChI=1S/C43H56O14/c1-22(37(44)45)13-32(14-23(2)38(46)47)30-11-7-26-6-10-29-18-31(12-8-27(29)5-9-28(26)17-30)33(15-24(3)39(48)49)19-35(42(54)55)21-36(43(56)57)20-34(41(52)53)16-25(4)40(50)51/h7-8,11-12,17-18,22-25,32-36H,5-6,9-10,13-16,19-21H2,1-4H3,(H,44,45)(H,46,47)(H,48,49)(H,50,51)(H,52,53)(H,54,55)(H,56,57). The van der Waals surface area contributed by atoms with E-state index in [4.69, 9.17) is 0 Å². The molecule has 0 bridgehead atoms. The van der Waals surface area contributed by atoms with Gasteiger partial charge in [0.25, 0.3) is 0 Å². The van der Waals surface area contributed by atoms with E-state index < -0.39 is 102 Å². The fourth-order valence-corrected chi connectivity index (χ4v) is 8.06. The molecule has 8 atom stereocenters. The summed E-state index contributed by atoms with van der Waals surface area (Å²) >= 11 is 0. The number of rotatable bonds is 23. The van der Waals surface area contributed by atoms with Gasteiger partial charge in [-0.3, -0.25) is 33.6 Å². The van der Waals surface area contributed by atoms with E-state index in [2.05, 4.69) is 6.07 Å². The monoisotopic (exact) mass is 796 g/mol. The van der Waals surface area contributed by atoms with E-state index >= 15 is 0 Å². The van der Waals surface area contributed by atoms with Crippen molar-refractivity contribution < 1.29 is 69.3 Å². The van der Waals surface area contributed by atoms with Gasteiger partial charge in [-0.2, -0.15) is 0 Å². The van der Waals surface area contributed by atoms with Gasteiger partial charge in [-0.1, -0.05) is 64.1 Å². The van der Waals surface area contributed by atoms with Gasteiger partial charge in [0, 0.05) is 0 Å². The Morgan fingerprint density at radius 1 is 0.386 bits per heavy atom. The van der Waals surface area contributed by atoms with E-state index in [0.717, 1.165) is 27.8 Å². The molecule has 14 nitrogen and oxygen atoms in total. The third kappa shape index (κ3) is 13.4. The molecule has 0 aromatic heterocycles. The van der Waals surface area contributed by atoms with Crippen LogP contribution in [0.1, 0.15) is 118 Å². The molecule has 0 amide bonds. The summed E-state index contributed by atoms with van der Waals surface area (Å²) in [6.45, 7) is 6.06. The van der Waals surface area contributed by atoms with Crippen LogP contribution in [0.25, 0.3) is 0 Å². The molecular weight excluding hydrogens is 740 g/mol. The molecule has 0 spiro atoms. The molecule has 1 aliphatic carbocycles. The Balaban J connectivity index is 1.91. The van der Waals surface area contributed by atoms with E-state index in [1.807, 2.05) is 30.3 Å². The van der Waals surface area contributed by atoms with Crippen molar-refractivity contribution in [1.29, 1.82) is 0 Å². The maximum Gasteiger partial charge on any atom is 0.306 e. The molecule has 57 heavy (non-hydrogen) atoms. The molecule has 7 N–H and O–H groups in total. The molecule has 2 aromatic rings. The van der Waals surface area contributed by atoms with Gasteiger partial charge >= 0.3 is 41.8 Å². The number of fused-ring (bicyclic) bond motifs is 2. The first-order valence-electron chi connectivity index (χ1n) is 19.5. The molecular formula is C43H56O14. The van der Waals surface area contributed by atoms with Crippen molar-refractivity contribution in [2.24, 2.45) is 41.4 Å². The normalized spacial score (nSPS) is 17.3. The summed E-state index contributed by atoms with van der Waals surface area (Å²) in [5.74, 6) is -16.4. The largest absolute Gasteiger partial charge is 0.481 e. The fourth-order valence-electron chi connectivity index (χ4n) is 8.06. The Hall–Kier alpha value is -5.27. The molecule has 3 rings (SSSR count). The highest BCUT2D eigenvalue weighted by Gasteiger charge is 2.35. The van der Waals surface area contributed by atoms with E-state index in [9.17, 15) is 69.3 Å². The minimum absolute atomic E-state index is 0.0667. The lowest BCUT2D eigenvalue weighted by Gasteiger charge is -2.27. The Bertz CT molecular complexity index is 1780. The topological polar surface area (TPSA) is 261 Å². The van der Waals surface area contributed by atoms with E-state index in [1.54, 1.807) is 13.8 Å². The Labute approximate surface area is 331 Å². The highest BCUT2D eigenvalue weighted by Crippen LogP contribution is 2.38. The van der Waals surface area contributed by atoms with Crippen molar-refractivity contribution in [1.82, 2.24) is 0 Å². The van der Waals surface area contributed by atoms with Crippen LogP contribution in [0.4, 0.5) is 0 Å². The second-order valence-corrected chi connectivity index (χ2v) is 16.2. The highest BCUT2D eigenvalue weighted by atomic mass is 16.4. The van der Waals surface area contributed by atoms with Gasteiger partial charge in [0.1, 0.15) is 0 Å². The summed E-state index contributed by atoms with van der Waals surface area (Å²) in [7, 11) is 0. The second-order valence-electron chi connectivity index (χ2n) is 16.2. The molecule has 14 heteroatoms. The van der Waals surface area contributed by atoms with Crippen molar-refractivity contribution in [3.63, 3.8) is 0 Å². The SMILES string of the molecule is CC(CC(CC(CC(CC(CC(C)C(=O)O)c1ccc2c(c1)CCc1ccc(C(CC(C)C(=O)O)CC(C)C(=O)O)cc1CC2)C(=O)O)C(=O)O)C(=O)O)C(=O)O. The van der Waals surface area contributed by atoms with Crippen LogP contribution in [0.3, 0.4) is 0 Å². The summed E-state index contributed by atoms with van der Waals surface area (Å²) in [5, 5.41) is 68.3. The Morgan fingerprint density at radius 2 is 0.667 bits per heavy atom. The van der Waals surface area contributed by atoms with Gasteiger partial charge in [-0.15, -0.1) is 0 Å². The molecule has 1 aliphatic rings. The number of carboxylic acids is 7. The summed E-state index contributed by atoms with van der Waals surface area (Å²) in [6, 6.07) is 11.8. The molecule has 0 saturated heterocycles. The number of hydrogen-bond donors (Lipinski definition) is 7. The van der Waals surface area contributed by atoms with Crippen LogP contribution < -0.4 is 0 Å². The summed E-state index contributed by atoms with van der Waals surface area (Å²) in [4.78, 5) is 83.7. The highest BCUT2D eigenvalue weighted by molar-refractivity contribution is 5.77. The lowest BCUT2D eigenvalue weighted by atomic mass is 9.77. The third-order valence-electron chi connectivity index (χ3n) is 11.7. The smallest absolute Gasteiger partial charge is 0.306 e. The number of hydrogen-bond acceptors (Lipinski definition) is 7. The van der Waals surface area contributed by atoms with Crippen molar-refractivity contribution >= 4 is 41.8 Å². The second kappa shape index (κ2) is 20.8. The van der Waals surface area contributed by atoms with Crippen LogP contribution in [-0.2, 0) is 59.2 Å². The summed E-state index contributed by atoms with van der Waals surface area (Å²) in [5.41, 5.74) is 5.83. The first-order chi connectivity index (χ1) is 26.7. The minimum Gasteiger partial charge on any atom is -0.481 e. The van der Waals surface area contributed by atoms with Crippen LogP contribution >= 0.6 is 0 Å². The lowest BCUT2D eigenvalue weighted by molar-refractivity contribution is -0.149. The van der Waals surface area contributed by atoms with E-state index in [0.29, 0.717) is 44.1 Å². The average molecular weight is 797 g/mol. The van der Waals surface area contributed by atoms with Crippen molar-refractivity contribution in [3.05, 3.63) is 69.8 Å². The fraction of sp³-hybridized carbons (Fsp3) is 0.558. The van der Waals surface area contributed by atoms with Crippen molar-refractivity contribution in [2.75, 3.05) is 0 Å². The molecule has 0 fully saturated rings. The van der Waals surface area contributed by atoms with Crippen molar-refractivity contribution in [3.8, 4) is 0 Å². The van der Waals surface area contributed by atoms with E-state index in [-0.39, 0.29) is 25.2 Å². The number of benzene rings is 2. The van der Waals surface area contributed by atoms with Gasteiger partial charge in [0.2, 0.25) is 0 Å². The van der Waals surface area contributed by atoms with Crippen LogP contribution in [0, 0.1) is 41.4 Å². The molecule has 8 unspecified atom stereocenters. The maximum atomic E-state index is 12.6. The van der Waals surface area contributed by atoms with Crippen LogP contribution in [0.2, 0.25) is 0 Å². The van der Waals surface area contributed by atoms with Crippen LogP contribution in [-0.4, -0.2) is 77.5 Å². The third-order valence-corrected chi connectivity index (χ3v) is 11.7. The molecule has 312 valence electrons. The maximum absolute atomic E-state index is 12.6. The van der Waals surface area contributed by atoms with Gasteiger partial charge < -0.3 is 35.7 Å². The lowest BCUT2D eigenvalue weighted by Crippen LogP contribution is -2.30. The molecule has 0 radical (unpaired) electrons. The zero-order valence-corrected chi connectivity index (χ0v) is 32.9. The molecule has 2 aromatic carbocycles. The molecule has 0 aliphatic heterocycles. The zero-order chi connectivity index (χ0) is 42.7. The van der Waals surface area contributed by atoms with Gasteiger partial charge in [0.15, 0.2) is 0 Å². The first-order valence-corrected chi connectivity index (χ1v) is 19.5. The van der Waals surface area contributed by atoms with Gasteiger partial charge in [-0.05, 0) is 116 Å². The number of carboxylic acid groups (broad SMARTS) is 7. The number of aryl methyl sites for hydroxylation is 4. The summed E-state index contributed by atoms with van der Waals surface area (Å²) in [6.07, 6.45) is 1.90. The predicted molar refractivity (Wildman–Crippen MR) is 206 cm³/mol. The molecule has 0 heterocycles. The first kappa shape index (κ1) is 46.1. The van der Waals surface area contributed by atoms with Gasteiger partial charge in [0.05, 0.1) is 41.4 Å². The summed E-state index contributed by atoms with van der Waals surface area (Å²) < 4.78 is 0. The number of carbonyl (C=O) groups is 7. The average Bonchev–Trinajstić information content (AvgIpc) is 3.12. The molecule has 0 saturated carbocycles. The Kier molecular flexibility index (Phi) is 16.8. The minimum atomic E-state index is -1.40. The quantitative estimate of drug-likeness (QED) is 0.0637. The van der Waals surface area contributed by atoms with E-state index in [1.165, 1.54) is 13.8 Å². The van der Waals surface area contributed by atoms with Crippen LogP contribution in [0.15, 0.2) is 36.4 Å². The predicted octanol–water partition coefficient (Wildman–Crippen LogP) is 6.45. The van der Waals surface area contributed by atoms with Crippen LogP contribution in [0.5, 0.6) is 0 Å². The number of aliphatic carboxylic acids is 7. The zero-order valence-electron chi connectivity index (χ0n) is 32.9. The van der Waals surface area contributed by atoms with Gasteiger partial charge in [-0.25, -0.2) is 0 Å². The Morgan fingerprint density at radius 3 is 1.00 bits per heavy atom. The van der Waals surface area contributed by atoms with Crippen molar-refractivity contribution in [2.45, 2.75) is 110 Å².